The maximum Gasteiger partial charge on any atom is 0.261 e. The number of benzene rings is 1. The van der Waals surface area contributed by atoms with Crippen LogP contribution in [0.15, 0.2) is 29.2 Å². The van der Waals surface area contributed by atoms with Crippen molar-refractivity contribution in [3.8, 4) is 0 Å². The Morgan fingerprint density at radius 1 is 1.11 bits per heavy atom. The summed E-state index contributed by atoms with van der Waals surface area (Å²) in [5, 5.41) is -0.264. The zero-order valence-electron chi connectivity index (χ0n) is 9.34. The molecule has 1 N–H and O–H groups in total. The van der Waals surface area contributed by atoms with Gasteiger partial charge in [0.05, 0.1) is 10.1 Å². The molecule has 0 aromatic heterocycles. The van der Waals surface area contributed by atoms with E-state index in [0.29, 0.717) is 18.4 Å². The van der Waals surface area contributed by atoms with Crippen molar-refractivity contribution in [3.05, 3.63) is 29.8 Å². The number of halogens is 1. The van der Waals surface area contributed by atoms with Crippen LogP contribution in [0, 0.1) is 0 Å². The van der Waals surface area contributed by atoms with Crippen molar-refractivity contribution in [1.29, 1.82) is 0 Å². The average molecular weight is 310 g/mol. The first-order valence-corrected chi connectivity index (χ1v) is 9.17. The molecule has 0 unspecified atom stereocenters. The van der Waals surface area contributed by atoms with Gasteiger partial charge in [0.2, 0.25) is 10.0 Å². The Balaban J connectivity index is 2.03. The first-order valence-electron chi connectivity index (χ1n) is 5.31. The van der Waals surface area contributed by atoms with Crippen LogP contribution in [-0.2, 0) is 25.6 Å². The summed E-state index contributed by atoms with van der Waals surface area (Å²) in [4.78, 5) is -0.00188. The molecule has 0 saturated heterocycles. The van der Waals surface area contributed by atoms with Gasteiger partial charge in [-0.15, -0.1) is 0 Å². The first-order chi connectivity index (χ1) is 8.29. The van der Waals surface area contributed by atoms with Crippen LogP contribution in [0.5, 0.6) is 0 Å². The minimum atomic E-state index is -3.73. The van der Waals surface area contributed by atoms with E-state index in [2.05, 4.69) is 4.72 Å². The topological polar surface area (TPSA) is 80.3 Å². The minimum absolute atomic E-state index is 0.00188. The molecule has 0 bridgehead atoms. The predicted molar refractivity (Wildman–Crippen MR) is 68.3 cm³/mol. The lowest BCUT2D eigenvalue weighted by molar-refractivity contribution is 0.579. The zero-order valence-corrected chi connectivity index (χ0v) is 11.7. The highest BCUT2D eigenvalue weighted by Gasteiger charge is 2.35. The van der Waals surface area contributed by atoms with Crippen LogP contribution >= 0.6 is 10.7 Å². The summed E-state index contributed by atoms with van der Waals surface area (Å²) in [6, 6.07) is 5.77. The molecule has 1 aromatic carbocycles. The summed E-state index contributed by atoms with van der Waals surface area (Å²) < 4.78 is 47.6. The third-order valence-corrected chi connectivity index (χ3v) is 5.91. The fourth-order valence-electron chi connectivity index (χ4n) is 1.45. The molecular formula is C10H12ClNO4S2. The largest absolute Gasteiger partial charge is 0.261 e. The Kier molecular flexibility index (Phi) is 3.68. The lowest BCUT2D eigenvalue weighted by atomic mass is 10.2. The molecule has 1 aromatic rings. The second-order valence-electron chi connectivity index (χ2n) is 4.15. The van der Waals surface area contributed by atoms with Crippen LogP contribution in [-0.4, -0.2) is 22.1 Å². The van der Waals surface area contributed by atoms with Crippen molar-refractivity contribution in [2.45, 2.75) is 29.5 Å². The third-order valence-electron chi connectivity index (χ3n) is 2.65. The van der Waals surface area contributed by atoms with Gasteiger partial charge in [0.25, 0.3) is 9.05 Å². The Bertz CT molecular complexity index is 633. The van der Waals surface area contributed by atoms with Gasteiger partial charge in [0.1, 0.15) is 0 Å². The van der Waals surface area contributed by atoms with Gasteiger partial charge < -0.3 is 0 Å². The van der Waals surface area contributed by atoms with E-state index in [1.165, 1.54) is 24.3 Å². The SMILES string of the molecule is O=S(=O)(Cl)c1ccc(CNS(=O)(=O)C2CC2)cc1. The molecule has 100 valence electrons. The second kappa shape index (κ2) is 4.80. The molecule has 0 radical (unpaired) electrons. The number of hydrogen-bond acceptors (Lipinski definition) is 4. The molecule has 0 atom stereocenters. The normalized spacial score (nSPS) is 16.7. The molecule has 1 saturated carbocycles. The maximum absolute atomic E-state index is 11.6. The molecular weight excluding hydrogens is 298 g/mol. The highest BCUT2D eigenvalue weighted by atomic mass is 35.7. The lowest BCUT2D eigenvalue weighted by Crippen LogP contribution is -2.26. The highest BCUT2D eigenvalue weighted by Crippen LogP contribution is 2.27. The number of rotatable bonds is 5. The highest BCUT2D eigenvalue weighted by molar-refractivity contribution is 8.13. The van der Waals surface area contributed by atoms with E-state index in [4.69, 9.17) is 10.7 Å². The lowest BCUT2D eigenvalue weighted by Gasteiger charge is -2.05. The number of sulfonamides is 1. The fourth-order valence-corrected chi connectivity index (χ4v) is 3.58. The number of hydrogen-bond donors (Lipinski definition) is 1. The van der Waals surface area contributed by atoms with Crippen molar-refractivity contribution in [3.63, 3.8) is 0 Å². The minimum Gasteiger partial charge on any atom is -0.212 e. The Hall–Kier alpha value is -0.630. The monoisotopic (exact) mass is 309 g/mol. The summed E-state index contributed by atoms with van der Waals surface area (Å²) in [5.74, 6) is 0. The summed E-state index contributed by atoms with van der Waals surface area (Å²) in [7, 11) is -1.78. The van der Waals surface area contributed by atoms with Gasteiger partial charge in [-0.3, -0.25) is 0 Å². The van der Waals surface area contributed by atoms with Crippen LogP contribution in [0.4, 0.5) is 0 Å². The molecule has 5 nitrogen and oxygen atoms in total. The first kappa shape index (κ1) is 13.8. The van der Waals surface area contributed by atoms with Crippen LogP contribution in [0.2, 0.25) is 0 Å². The Morgan fingerprint density at radius 2 is 1.67 bits per heavy atom. The number of nitrogens with one attached hydrogen (secondary N) is 1. The van der Waals surface area contributed by atoms with Crippen molar-refractivity contribution >= 4 is 29.8 Å². The Labute approximate surface area is 111 Å². The van der Waals surface area contributed by atoms with E-state index < -0.39 is 19.1 Å². The Morgan fingerprint density at radius 3 is 2.11 bits per heavy atom. The van der Waals surface area contributed by atoms with Crippen LogP contribution < -0.4 is 4.72 Å². The maximum atomic E-state index is 11.6. The van der Waals surface area contributed by atoms with E-state index in [0.717, 1.165) is 0 Å². The van der Waals surface area contributed by atoms with Crippen molar-refractivity contribution in [2.75, 3.05) is 0 Å². The summed E-state index contributed by atoms with van der Waals surface area (Å²) in [5.41, 5.74) is 0.684. The summed E-state index contributed by atoms with van der Waals surface area (Å²) in [6.45, 7) is 0.154. The molecule has 18 heavy (non-hydrogen) atoms. The van der Waals surface area contributed by atoms with E-state index in [-0.39, 0.29) is 16.7 Å². The molecule has 8 heteroatoms. The van der Waals surface area contributed by atoms with E-state index in [9.17, 15) is 16.8 Å². The van der Waals surface area contributed by atoms with Gasteiger partial charge in [-0.1, -0.05) is 12.1 Å². The van der Waals surface area contributed by atoms with E-state index in [1.54, 1.807) is 0 Å². The molecule has 0 amide bonds. The van der Waals surface area contributed by atoms with Gasteiger partial charge in [-0.2, -0.15) is 0 Å². The fraction of sp³-hybridized carbons (Fsp3) is 0.400. The van der Waals surface area contributed by atoms with Crippen molar-refractivity contribution in [1.82, 2.24) is 4.72 Å². The predicted octanol–water partition coefficient (Wildman–Crippen LogP) is 1.20. The third kappa shape index (κ3) is 3.44. The van der Waals surface area contributed by atoms with Crippen LogP contribution in [0.3, 0.4) is 0 Å². The van der Waals surface area contributed by atoms with Gasteiger partial charge in [-0.25, -0.2) is 21.6 Å². The van der Waals surface area contributed by atoms with Crippen LogP contribution in [0.25, 0.3) is 0 Å². The van der Waals surface area contributed by atoms with Gasteiger partial charge in [0.15, 0.2) is 0 Å². The summed E-state index contributed by atoms with van der Waals surface area (Å²) >= 11 is 0. The molecule has 2 rings (SSSR count). The second-order valence-corrected chi connectivity index (χ2v) is 8.76. The van der Waals surface area contributed by atoms with E-state index >= 15 is 0 Å². The molecule has 1 fully saturated rings. The molecule has 0 aliphatic heterocycles. The van der Waals surface area contributed by atoms with Crippen molar-refractivity contribution < 1.29 is 16.8 Å². The smallest absolute Gasteiger partial charge is 0.212 e. The van der Waals surface area contributed by atoms with Crippen LogP contribution in [0.1, 0.15) is 18.4 Å². The molecule has 1 aliphatic rings. The zero-order chi connectivity index (χ0) is 13.4. The molecule has 0 heterocycles. The molecule has 0 spiro atoms. The molecule has 1 aliphatic carbocycles. The quantitative estimate of drug-likeness (QED) is 0.829. The average Bonchev–Trinajstić information content (AvgIpc) is 3.10. The van der Waals surface area contributed by atoms with Gasteiger partial charge in [-0.05, 0) is 30.5 Å². The van der Waals surface area contributed by atoms with Gasteiger partial charge in [0, 0.05) is 17.2 Å². The standard InChI is InChI=1S/C10H12ClNO4S2/c11-17(13,14)9-3-1-8(2-4-9)7-12-18(15,16)10-5-6-10/h1-4,10,12H,5-7H2. The van der Waals surface area contributed by atoms with E-state index in [1.807, 2.05) is 0 Å². The summed E-state index contributed by atoms with van der Waals surface area (Å²) in [6.07, 6.45) is 1.41. The van der Waals surface area contributed by atoms with Crippen molar-refractivity contribution in [2.24, 2.45) is 0 Å². The van der Waals surface area contributed by atoms with Gasteiger partial charge >= 0.3 is 0 Å².